The smallest absolute Gasteiger partial charge is 0.139 e. The Morgan fingerprint density at radius 3 is 2.47 bits per heavy atom. The van der Waals surface area contributed by atoms with Crippen LogP contribution >= 0.6 is 12.2 Å². The Bertz CT molecular complexity index is 818. The topological polar surface area (TPSA) is 28.7 Å². The van der Waals surface area contributed by atoms with Gasteiger partial charge in [-0.2, -0.15) is 0 Å². The number of hydrogen-bond acceptors (Lipinski definition) is 2. The van der Waals surface area contributed by atoms with E-state index >= 15 is 0 Å². The molecule has 94 valence electrons. The van der Waals surface area contributed by atoms with E-state index in [2.05, 4.69) is 40.3 Å². The molecule has 3 heteroatoms. The average Bonchev–Trinajstić information content (AvgIpc) is 2.43. The molecule has 3 aromatic rings. The maximum Gasteiger partial charge on any atom is 0.139 e. The zero-order valence-corrected chi connectivity index (χ0v) is 11.7. The van der Waals surface area contributed by atoms with Crippen LogP contribution in [0.1, 0.15) is 11.3 Å². The monoisotopic (exact) mass is 266 g/mol. The zero-order valence-electron chi connectivity index (χ0n) is 10.9. The zero-order chi connectivity index (χ0) is 13.4. The molecule has 0 spiro atoms. The molecule has 0 aliphatic rings. The van der Waals surface area contributed by atoms with Crippen molar-refractivity contribution in [2.24, 2.45) is 0 Å². The van der Waals surface area contributed by atoms with Gasteiger partial charge < -0.3 is 4.98 Å². The molecule has 0 amide bonds. The number of hydrogen-bond donors (Lipinski definition) is 1. The predicted molar refractivity (Wildman–Crippen MR) is 81.8 cm³/mol. The second-order valence-electron chi connectivity index (χ2n) is 4.70. The Kier molecular flexibility index (Phi) is 2.91. The van der Waals surface area contributed by atoms with Crippen molar-refractivity contribution in [3.63, 3.8) is 0 Å². The summed E-state index contributed by atoms with van der Waals surface area (Å²) in [6.07, 6.45) is 0. The lowest BCUT2D eigenvalue weighted by molar-refractivity contribution is 1.06. The standard InChI is InChI=1S/C16H14N2S/c1-10-11(2)17-15(18-16(10)19)14-8-7-12-5-3-4-6-13(12)9-14/h3-9H,1-2H3,(H,17,18,19). The van der Waals surface area contributed by atoms with E-state index in [9.17, 15) is 0 Å². The van der Waals surface area contributed by atoms with Gasteiger partial charge in [-0.05, 0) is 30.7 Å². The fourth-order valence-electron chi connectivity index (χ4n) is 2.12. The molecule has 1 heterocycles. The summed E-state index contributed by atoms with van der Waals surface area (Å²) in [5.74, 6) is 0.832. The van der Waals surface area contributed by atoms with Crippen LogP contribution in [0.4, 0.5) is 0 Å². The third-order valence-electron chi connectivity index (χ3n) is 3.43. The van der Waals surface area contributed by atoms with E-state index in [1.807, 2.05) is 26.0 Å². The van der Waals surface area contributed by atoms with E-state index in [4.69, 9.17) is 12.2 Å². The Balaban J connectivity index is 2.22. The third kappa shape index (κ3) is 2.17. The van der Waals surface area contributed by atoms with Gasteiger partial charge in [-0.1, -0.05) is 48.6 Å². The molecule has 0 atom stereocenters. The number of rotatable bonds is 1. The molecule has 0 unspecified atom stereocenters. The minimum absolute atomic E-state index is 0.666. The first kappa shape index (κ1) is 12.1. The molecule has 2 nitrogen and oxygen atoms in total. The van der Waals surface area contributed by atoms with E-state index in [1.165, 1.54) is 10.8 Å². The highest BCUT2D eigenvalue weighted by Crippen LogP contribution is 2.22. The van der Waals surface area contributed by atoms with Crippen molar-refractivity contribution in [2.75, 3.05) is 0 Å². The predicted octanol–water partition coefficient (Wildman–Crippen LogP) is 4.58. The first-order valence-electron chi connectivity index (χ1n) is 6.22. The number of benzene rings is 2. The van der Waals surface area contributed by atoms with Gasteiger partial charge in [0, 0.05) is 16.8 Å². The van der Waals surface area contributed by atoms with Gasteiger partial charge in [0.05, 0.1) is 0 Å². The van der Waals surface area contributed by atoms with Crippen LogP contribution in [0.5, 0.6) is 0 Å². The second kappa shape index (κ2) is 4.59. The quantitative estimate of drug-likeness (QED) is 0.653. The molecule has 0 bridgehead atoms. The van der Waals surface area contributed by atoms with Crippen molar-refractivity contribution in [2.45, 2.75) is 13.8 Å². The Morgan fingerprint density at radius 2 is 1.74 bits per heavy atom. The Hall–Kier alpha value is -2.00. The summed E-state index contributed by atoms with van der Waals surface area (Å²) in [7, 11) is 0. The van der Waals surface area contributed by atoms with E-state index in [1.54, 1.807) is 0 Å². The van der Waals surface area contributed by atoms with Crippen LogP contribution in [0.3, 0.4) is 0 Å². The summed E-state index contributed by atoms with van der Waals surface area (Å²) in [5, 5.41) is 2.44. The van der Waals surface area contributed by atoms with Crippen molar-refractivity contribution in [3.05, 3.63) is 58.4 Å². The van der Waals surface area contributed by atoms with Crippen LogP contribution < -0.4 is 0 Å². The summed E-state index contributed by atoms with van der Waals surface area (Å²) >= 11 is 5.29. The Labute approximate surface area is 117 Å². The van der Waals surface area contributed by atoms with Crippen molar-refractivity contribution in [3.8, 4) is 11.4 Å². The SMILES string of the molecule is Cc1[nH]c(-c2ccc3ccccc3c2)nc(=S)c1C. The van der Waals surface area contributed by atoms with Crippen molar-refractivity contribution >= 4 is 23.0 Å². The minimum atomic E-state index is 0.666. The summed E-state index contributed by atoms with van der Waals surface area (Å²) in [6, 6.07) is 14.6. The van der Waals surface area contributed by atoms with Crippen molar-refractivity contribution < 1.29 is 0 Å². The third-order valence-corrected chi connectivity index (χ3v) is 3.82. The highest BCUT2D eigenvalue weighted by Gasteiger charge is 2.04. The van der Waals surface area contributed by atoms with Gasteiger partial charge in [0.25, 0.3) is 0 Å². The molecule has 0 aliphatic carbocycles. The van der Waals surface area contributed by atoms with Crippen LogP contribution in [0.2, 0.25) is 0 Å². The normalized spacial score (nSPS) is 10.8. The van der Waals surface area contributed by atoms with Crippen molar-refractivity contribution in [1.82, 2.24) is 9.97 Å². The highest BCUT2D eigenvalue weighted by molar-refractivity contribution is 7.71. The van der Waals surface area contributed by atoms with Crippen molar-refractivity contribution in [1.29, 1.82) is 0 Å². The molecule has 2 aromatic carbocycles. The number of aryl methyl sites for hydroxylation is 1. The lowest BCUT2D eigenvalue weighted by Crippen LogP contribution is -1.96. The number of aromatic amines is 1. The molecule has 0 saturated carbocycles. The highest BCUT2D eigenvalue weighted by atomic mass is 32.1. The fourth-order valence-corrected chi connectivity index (χ4v) is 2.36. The maximum atomic E-state index is 5.29. The van der Waals surface area contributed by atoms with Crippen LogP contribution in [-0.2, 0) is 0 Å². The molecule has 1 N–H and O–H groups in total. The van der Waals surface area contributed by atoms with Crippen LogP contribution in [0.15, 0.2) is 42.5 Å². The number of nitrogens with zero attached hydrogens (tertiary/aromatic N) is 1. The first-order valence-corrected chi connectivity index (χ1v) is 6.62. The molecule has 3 rings (SSSR count). The van der Waals surface area contributed by atoms with Gasteiger partial charge in [-0.25, -0.2) is 4.98 Å². The summed E-state index contributed by atoms with van der Waals surface area (Å²) in [4.78, 5) is 7.79. The van der Waals surface area contributed by atoms with Crippen LogP contribution in [0, 0.1) is 18.5 Å². The molecule has 0 aliphatic heterocycles. The summed E-state index contributed by atoms with van der Waals surface area (Å²) in [5.41, 5.74) is 3.18. The second-order valence-corrected chi connectivity index (χ2v) is 5.09. The van der Waals surface area contributed by atoms with Gasteiger partial charge in [0.2, 0.25) is 0 Å². The van der Waals surface area contributed by atoms with Gasteiger partial charge in [0.1, 0.15) is 10.5 Å². The van der Waals surface area contributed by atoms with E-state index in [0.29, 0.717) is 4.64 Å². The molecule has 19 heavy (non-hydrogen) atoms. The minimum Gasteiger partial charge on any atom is -0.343 e. The van der Waals surface area contributed by atoms with E-state index in [-0.39, 0.29) is 0 Å². The largest absolute Gasteiger partial charge is 0.343 e. The first-order chi connectivity index (χ1) is 9.15. The molecule has 1 aromatic heterocycles. The number of H-pyrrole nitrogens is 1. The maximum absolute atomic E-state index is 5.29. The molecule has 0 saturated heterocycles. The van der Waals surface area contributed by atoms with Crippen LogP contribution in [0.25, 0.3) is 22.2 Å². The number of nitrogens with one attached hydrogen (secondary N) is 1. The lowest BCUT2D eigenvalue weighted by atomic mass is 10.1. The Morgan fingerprint density at radius 1 is 1.00 bits per heavy atom. The molecular weight excluding hydrogens is 252 g/mol. The summed E-state index contributed by atoms with van der Waals surface area (Å²) in [6.45, 7) is 4.02. The summed E-state index contributed by atoms with van der Waals surface area (Å²) < 4.78 is 0.666. The van der Waals surface area contributed by atoms with Gasteiger partial charge in [0.15, 0.2) is 0 Å². The van der Waals surface area contributed by atoms with Gasteiger partial charge in [-0.3, -0.25) is 0 Å². The van der Waals surface area contributed by atoms with Crippen LogP contribution in [-0.4, -0.2) is 9.97 Å². The van der Waals surface area contributed by atoms with E-state index < -0.39 is 0 Å². The van der Waals surface area contributed by atoms with E-state index in [0.717, 1.165) is 22.6 Å². The van der Waals surface area contributed by atoms with Gasteiger partial charge in [-0.15, -0.1) is 0 Å². The number of aromatic nitrogens is 2. The average molecular weight is 266 g/mol. The lowest BCUT2D eigenvalue weighted by Gasteiger charge is -2.07. The number of fused-ring (bicyclic) bond motifs is 1. The van der Waals surface area contributed by atoms with Gasteiger partial charge >= 0.3 is 0 Å². The molecular formula is C16H14N2S. The molecule has 0 radical (unpaired) electrons. The fraction of sp³-hybridized carbons (Fsp3) is 0.125. The molecule has 0 fully saturated rings.